The number of allylic oxidation sites excluding steroid dienone is 6. The molecule has 0 saturated carbocycles. The van der Waals surface area contributed by atoms with Gasteiger partial charge in [-0.2, -0.15) is 0 Å². The molecule has 0 aliphatic heterocycles. The van der Waals surface area contributed by atoms with Crippen LogP contribution in [0.2, 0.25) is 0 Å². The van der Waals surface area contributed by atoms with Gasteiger partial charge in [-0.1, -0.05) is 18.2 Å². The SMILES string of the molecule is CN/C(C)=C1\C=CC=C1C(C)=O. The fourth-order valence-electron chi connectivity index (χ4n) is 1.19. The summed E-state index contributed by atoms with van der Waals surface area (Å²) >= 11 is 0. The third-order valence-electron chi connectivity index (χ3n) is 1.97. The van der Waals surface area contributed by atoms with Crippen molar-refractivity contribution in [3.8, 4) is 0 Å². The lowest BCUT2D eigenvalue weighted by atomic mass is 10.0. The molecule has 1 aliphatic carbocycles. The molecule has 1 rings (SSSR count). The van der Waals surface area contributed by atoms with Crippen LogP contribution in [0.5, 0.6) is 0 Å². The summed E-state index contributed by atoms with van der Waals surface area (Å²) in [7, 11) is 1.85. The summed E-state index contributed by atoms with van der Waals surface area (Å²) in [6.07, 6.45) is 5.69. The Morgan fingerprint density at radius 1 is 1.42 bits per heavy atom. The van der Waals surface area contributed by atoms with E-state index in [1.54, 1.807) is 6.92 Å². The fourth-order valence-corrected chi connectivity index (χ4v) is 1.19. The number of hydrogen-bond acceptors (Lipinski definition) is 2. The van der Waals surface area contributed by atoms with Crippen LogP contribution < -0.4 is 5.32 Å². The highest BCUT2D eigenvalue weighted by atomic mass is 16.1. The first-order chi connectivity index (χ1) is 5.66. The van der Waals surface area contributed by atoms with E-state index in [2.05, 4.69) is 5.32 Å². The topological polar surface area (TPSA) is 29.1 Å². The van der Waals surface area contributed by atoms with E-state index in [9.17, 15) is 4.79 Å². The third kappa shape index (κ3) is 1.47. The van der Waals surface area contributed by atoms with Crippen LogP contribution >= 0.6 is 0 Å². The van der Waals surface area contributed by atoms with Crippen molar-refractivity contribution in [1.82, 2.24) is 5.32 Å². The Labute approximate surface area is 72.7 Å². The van der Waals surface area contributed by atoms with E-state index in [1.165, 1.54) is 0 Å². The minimum Gasteiger partial charge on any atom is -0.391 e. The standard InChI is InChI=1S/C10H13NO/c1-7(11-3)9-5-4-6-10(9)8(2)12/h4-6,11H,1-3H3/b9-7+. The number of nitrogens with one attached hydrogen (secondary N) is 1. The second-order valence-corrected chi connectivity index (χ2v) is 2.78. The van der Waals surface area contributed by atoms with Gasteiger partial charge < -0.3 is 5.32 Å². The van der Waals surface area contributed by atoms with Gasteiger partial charge in [0.05, 0.1) is 0 Å². The van der Waals surface area contributed by atoms with Gasteiger partial charge in [0, 0.05) is 23.9 Å². The maximum atomic E-state index is 11.1. The summed E-state index contributed by atoms with van der Waals surface area (Å²) in [6, 6.07) is 0. The summed E-state index contributed by atoms with van der Waals surface area (Å²) in [6.45, 7) is 3.55. The summed E-state index contributed by atoms with van der Waals surface area (Å²) in [5, 5.41) is 3.03. The molecule has 2 nitrogen and oxygen atoms in total. The number of hydrogen-bond donors (Lipinski definition) is 1. The Kier molecular flexibility index (Phi) is 2.48. The molecule has 0 saturated heterocycles. The molecule has 0 unspecified atom stereocenters. The van der Waals surface area contributed by atoms with Crippen LogP contribution in [0.1, 0.15) is 13.8 Å². The maximum absolute atomic E-state index is 11.1. The van der Waals surface area contributed by atoms with Gasteiger partial charge in [0.1, 0.15) is 0 Å². The van der Waals surface area contributed by atoms with Crippen LogP contribution in [0.3, 0.4) is 0 Å². The van der Waals surface area contributed by atoms with Crippen molar-refractivity contribution < 1.29 is 4.79 Å². The van der Waals surface area contributed by atoms with Gasteiger partial charge in [-0.3, -0.25) is 4.79 Å². The maximum Gasteiger partial charge on any atom is 0.160 e. The molecule has 1 aliphatic rings. The van der Waals surface area contributed by atoms with Gasteiger partial charge in [-0.05, 0) is 13.8 Å². The molecule has 12 heavy (non-hydrogen) atoms. The van der Waals surface area contributed by atoms with E-state index in [0.29, 0.717) is 0 Å². The van der Waals surface area contributed by atoms with Gasteiger partial charge in [0.25, 0.3) is 0 Å². The largest absolute Gasteiger partial charge is 0.391 e. The molecule has 0 atom stereocenters. The van der Waals surface area contributed by atoms with E-state index in [-0.39, 0.29) is 5.78 Å². The van der Waals surface area contributed by atoms with Gasteiger partial charge in [0.15, 0.2) is 5.78 Å². The van der Waals surface area contributed by atoms with Crippen LogP contribution in [0.15, 0.2) is 35.1 Å². The zero-order chi connectivity index (χ0) is 9.14. The summed E-state index contributed by atoms with van der Waals surface area (Å²) in [5.74, 6) is 0.115. The van der Waals surface area contributed by atoms with Gasteiger partial charge in [-0.15, -0.1) is 0 Å². The number of carbonyl (C=O) groups is 1. The van der Waals surface area contributed by atoms with Crippen molar-refractivity contribution in [2.45, 2.75) is 13.8 Å². The number of carbonyl (C=O) groups excluding carboxylic acids is 1. The minimum atomic E-state index is 0.115. The van der Waals surface area contributed by atoms with E-state index in [1.807, 2.05) is 32.2 Å². The molecule has 0 heterocycles. The first kappa shape index (κ1) is 8.78. The first-order valence-corrected chi connectivity index (χ1v) is 3.95. The van der Waals surface area contributed by atoms with E-state index < -0.39 is 0 Å². The molecule has 0 amide bonds. The predicted octanol–water partition coefficient (Wildman–Crippen LogP) is 1.56. The number of rotatable bonds is 2. The lowest BCUT2D eigenvalue weighted by Gasteiger charge is -2.06. The molecular formula is C10H13NO. The summed E-state index contributed by atoms with van der Waals surface area (Å²) in [5.41, 5.74) is 2.83. The third-order valence-corrected chi connectivity index (χ3v) is 1.97. The zero-order valence-corrected chi connectivity index (χ0v) is 7.64. The van der Waals surface area contributed by atoms with E-state index in [4.69, 9.17) is 0 Å². The number of Topliss-reactive ketones (excluding diaryl/α,β-unsaturated/α-hetero) is 1. The lowest BCUT2D eigenvalue weighted by Crippen LogP contribution is -2.08. The molecule has 2 heteroatoms. The van der Waals surface area contributed by atoms with E-state index >= 15 is 0 Å². The van der Waals surface area contributed by atoms with Crippen molar-refractivity contribution in [2.24, 2.45) is 0 Å². The molecule has 0 aromatic carbocycles. The van der Waals surface area contributed by atoms with Crippen LogP contribution in [0.4, 0.5) is 0 Å². The van der Waals surface area contributed by atoms with Crippen molar-refractivity contribution >= 4 is 5.78 Å². The fraction of sp³-hybridized carbons (Fsp3) is 0.300. The second-order valence-electron chi connectivity index (χ2n) is 2.78. The molecule has 0 radical (unpaired) electrons. The molecular weight excluding hydrogens is 150 g/mol. The molecule has 0 spiro atoms. The molecule has 0 aromatic rings. The van der Waals surface area contributed by atoms with Crippen LogP contribution in [-0.2, 0) is 4.79 Å². The Balaban J connectivity index is 3.03. The van der Waals surface area contributed by atoms with E-state index in [0.717, 1.165) is 16.8 Å². The Morgan fingerprint density at radius 2 is 2.08 bits per heavy atom. The van der Waals surface area contributed by atoms with Crippen molar-refractivity contribution in [3.05, 3.63) is 35.1 Å². The Bertz CT molecular complexity index is 295. The average molecular weight is 163 g/mol. The first-order valence-electron chi connectivity index (χ1n) is 3.95. The highest BCUT2D eigenvalue weighted by Crippen LogP contribution is 2.21. The minimum absolute atomic E-state index is 0.115. The predicted molar refractivity (Wildman–Crippen MR) is 49.7 cm³/mol. The average Bonchev–Trinajstić information content (AvgIpc) is 2.50. The zero-order valence-electron chi connectivity index (χ0n) is 7.64. The monoisotopic (exact) mass is 163 g/mol. The highest BCUT2D eigenvalue weighted by molar-refractivity contribution is 6.00. The summed E-state index contributed by atoms with van der Waals surface area (Å²) < 4.78 is 0. The van der Waals surface area contributed by atoms with Crippen molar-refractivity contribution in [3.63, 3.8) is 0 Å². The van der Waals surface area contributed by atoms with Gasteiger partial charge in [-0.25, -0.2) is 0 Å². The van der Waals surface area contributed by atoms with Crippen LogP contribution in [0, 0.1) is 0 Å². The van der Waals surface area contributed by atoms with Crippen LogP contribution in [-0.4, -0.2) is 12.8 Å². The summed E-state index contributed by atoms with van der Waals surface area (Å²) in [4.78, 5) is 11.1. The Morgan fingerprint density at radius 3 is 2.58 bits per heavy atom. The smallest absolute Gasteiger partial charge is 0.160 e. The van der Waals surface area contributed by atoms with Gasteiger partial charge in [0.2, 0.25) is 0 Å². The molecule has 0 aromatic heterocycles. The van der Waals surface area contributed by atoms with Crippen molar-refractivity contribution in [1.29, 1.82) is 0 Å². The lowest BCUT2D eigenvalue weighted by molar-refractivity contribution is -0.113. The second kappa shape index (κ2) is 3.39. The normalized spacial score (nSPS) is 19.1. The highest BCUT2D eigenvalue weighted by Gasteiger charge is 2.12. The molecule has 0 bridgehead atoms. The molecule has 64 valence electrons. The van der Waals surface area contributed by atoms with Crippen molar-refractivity contribution in [2.75, 3.05) is 7.05 Å². The Hall–Kier alpha value is -1.31. The quantitative estimate of drug-likeness (QED) is 0.669. The van der Waals surface area contributed by atoms with Gasteiger partial charge >= 0.3 is 0 Å². The number of ketones is 1. The van der Waals surface area contributed by atoms with Crippen LogP contribution in [0.25, 0.3) is 0 Å². The molecule has 0 fully saturated rings. The molecule has 1 N–H and O–H groups in total.